The summed E-state index contributed by atoms with van der Waals surface area (Å²) in [6.07, 6.45) is 1.14. The molecular formula is C17H19N3O3S. The Labute approximate surface area is 141 Å². The first-order valence-electron chi connectivity index (χ1n) is 7.59. The maximum Gasteiger partial charge on any atom is 0.230 e. The van der Waals surface area contributed by atoms with E-state index in [-0.39, 0.29) is 22.8 Å². The van der Waals surface area contributed by atoms with E-state index in [4.69, 9.17) is 0 Å². The van der Waals surface area contributed by atoms with E-state index in [2.05, 4.69) is 16.2 Å². The molecule has 0 bridgehead atoms. The zero-order valence-corrected chi connectivity index (χ0v) is 14.0. The van der Waals surface area contributed by atoms with Gasteiger partial charge in [-0.3, -0.25) is 10.2 Å². The molecule has 2 unspecified atom stereocenters. The minimum Gasteiger partial charge on any atom is -0.326 e. The summed E-state index contributed by atoms with van der Waals surface area (Å²) in [5.41, 5.74) is 7.63. The van der Waals surface area contributed by atoms with E-state index in [9.17, 15) is 13.2 Å². The number of anilines is 1. The fraction of sp³-hybridized carbons (Fsp3) is 0.235. The lowest BCUT2D eigenvalue weighted by molar-refractivity contribution is -0.119. The van der Waals surface area contributed by atoms with Crippen molar-refractivity contribution in [2.75, 3.05) is 18.1 Å². The van der Waals surface area contributed by atoms with Crippen molar-refractivity contribution in [3.63, 3.8) is 0 Å². The number of amides is 1. The third kappa shape index (κ3) is 3.64. The van der Waals surface area contributed by atoms with Gasteiger partial charge in [-0.15, -0.1) is 0 Å². The predicted molar refractivity (Wildman–Crippen MR) is 92.0 cm³/mol. The summed E-state index contributed by atoms with van der Waals surface area (Å²) >= 11 is 0. The highest BCUT2D eigenvalue weighted by molar-refractivity contribution is 7.90. The molecule has 0 aliphatic carbocycles. The minimum atomic E-state index is -3.31. The standard InChI is InChI=1S/C17H19N3O3S/c1-24(22,23)14-9-5-8-13(10-14)19-17(21)15-11-18-20-16(15)12-6-3-2-4-7-12/h2-10,15-16,18,20H,11H2,1H3,(H,19,21). The smallest absolute Gasteiger partial charge is 0.230 e. The van der Waals surface area contributed by atoms with Crippen LogP contribution < -0.4 is 16.2 Å². The van der Waals surface area contributed by atoms with E-state index < -0.39 is 9.84 Å². The van der Waals surface area contributed by atoms with Gasteiger partial charge in [0.05, 0.1) is 16.9 Å². The highest BCUT2D eigenvalue weighted by atomic mass is 32.2. The Kier molecular flexibility index (Phi) is 4.66. The monoisotopic (exact) mass is 345 g/mol. The van der Waals surface area contributed by atoms with Crippen LogP contribution in [-0.4, -0.2) is 27.1 Å². The number of carbonyl (C=O) groups is 1. The van der Waals surface area contributed by atoms with Gasteiger partial charge in [0.15, 0.2) is 9.84 Å². The summed E-state index contributed by atoms with van der Waals surface area (Å²) in [6, 6.07) is 15.9. The van der Waals surface area contributed by atoms with Gasteiger partial charge in [-0.25, -0.2) is 13.8 Å². The Bertz CT molecular complexity index is 837. The molecule has 1 saturated heterocycles. The predicted octanol–water partition coefficient (Wildman–Crippen LogP) is 1.49. The van der Waals surface area contributed by atoms with Crippen LogP contribution in [0.4, 0.5) is 5.69 Å². The summed E-state index contributed by atoms with van der Waals surface area (Å²) in [5, 5.41) is 2.81. The van der Waals surface area contributed by atoms with Crippen molar-refractivity contribution in [3.8, 4) is 0 Å². The Morgan fingerprint density at radius 2 is 1.88 bits per heavy atom. The molecule has 24 heavy (non-hydrogen) atoms. The second-order valence-corrected chi connectivity index (χ2v) is 7.83. The largest absolute Gasteiger partial charge is 0.326 e. The molecule has 126 valence electrons. The van der Waals surface area contributed by atoms with Gasteiger partial charge in [-0.2, -0.15) is 0 Å². The number of rotatable bonds is 4. The molecule has 3 rings (SSSR count). The van der Waals surface area contributed by atoms with Crippen molar-refractivity contribution in [2.45, 2.75) is 10.9 Å². The fourth-order valence-corrected chi connectivity index (χ4v) is 3.42. The van der Waals surface area contributed by atoms with Crippen molar-refractivity contribution in [1.29, 1.82) is 0 Å². The molecule has 1 fully saturated rings. The lowest BCUT2D eigenvalue weighted by Crippen LogP contribution is -2.29. The summed E-state index contributed by atoms with van der Waals surface area (Å²) in [7, 11) is -3.31. The van der Waals surface area contributed by atoms with Crippen molar-refractivity contribution in [1.82, 2.24) is 10.9 Å². The van der Waals surface area contributed by atoms with E-state index in [1.165, 1.54) is 12.1 Å². The normalized spacial score (nSPS) is 20.7. The van der Waals surface area contributed by atoms with E-state index >= 15 is 0 Å². The van der Waals surface area contributed by atoms with Crippen LogP contribution in [0.1, 0.15) is 11.6 Å². The van der Waals surface area contributed by atoms with Gasteiger partial charge in [0.2, 0.25) is 5.91 Å². The van der Waals surface area contributed by atoms with Crippen molar-refractivity contribution in [3.05, 3.63) is 60.2 Å². The maximum absolute atomic E-state index is 12.6. The lowest BCUT2D eigenvalue weighted by atomic mass is 9.94. The second-order valence-electron chi connectivity index (χ2n) is 5.81. The zero-order chi connectivity index (χ0) is 17.2. The third-order valence-electron chi connectivity index (χ3n) is 4.01. The number of hydrogen-bond acceptors (Lipinski definition) is 5. The number of carbonyl (C=O) groups excluding carboxylic acids is 1. The number of hydrogen-bond donors (Lipinski definition) is 3. The minimum absolute atomic E-state index is 0.135. The first-order valence-corrected chi connectivity index (χ1v) is 9.48. The molecule has 0 radical (unpaired) electrons. The van der Waals surface area contributed by atoms with Gasteiger partial charge in [-0.05, 0) is 23.8 Å². The average Bonchev–Trinajstić information content (AvgIpc) is 3.05. The molecule has 0 spiro atoms. The van der Waals surface area contributed by atoms with Crippen LogP contribution in [0.3, 0.4) is 0 Å². The molecule has 2 atom stereocenters. The molecule has 6 nitrogen and oxygen atoms in total. The van der Waals surface area contributed by atoms with Gasteiger partial charge in [0.1, 0.15) is 0 Å². The number of sulfone groups is 1. The van der Waals surface area contributed by atoms with Crippen molar-refractivity contribution < 1.29 is 13.2 Å². The van der Waals surface area contributed by atoms with Crippen LogP contribution in [0.5, 0.6) is 0 Å². The molecule has 1 amide bonds. The van der Waals surface area contributed by atoms with Crippen molar-refractivity contribution >= 4 is 21.4 Å². The summed E-state index contributed by atoms with van der Waals surface area (Å²) < 4.78 is 23.3. The maximum atomic E-state index is 12.6. The first-order chi connectivity index (χ1) is 11.4. The van der Waals surface area contributed by atoms with Crippen LogP contribution in [-0.2, 0) is 14.6 Å². The SMILES string of the molecule is CS(=O)(=O)c1cccc(NC(=O)C2CNNC2c2ccccc2)c1. The van der Waals surface area contributed by atoms with Gasteiger partial charge in [0.25, 0.3) is 0 Å². The van der Waals surface area contributed by atoms with Gasteiger partial charge >= 0.3 is 0 Å². The number of hydrazine groups is 1. The van der Waals surface area contributed by atoms with Crippen LogP contribution in [0.25, 0.3) is 0 Å². The highest BCUT2D eigenvalue weighted by Crippen LogP contribution is 2.26. The highest BCUT2D eigenvalue weighted by Gasteiger charge is 2.33. The Balaban J connectivity index is 1.77. The van der Waals surface area contributed by atoms with Crippen LogP contribution in [0.15, 0.2) is 59.5 Å². The molecule has 2 aromatic rings. The number of benzene rings is 2. The fourth-order valence-electron chi connectivity index (χ4n) is 2.76. The number of nitrogens with one attached hydrogen (secondary N) is 3. The molecule has 0 aromatic heterocycles. The van der Waals surface area contributed by atoms with E-state index in [0.717, 1.165) is 11.8 Å². The molecule has 2 aromatic carbocycles. The Hall–Kier alpha value is -2.22. The summed E-state index contributed by atoms with van der Waals surface area (Å²) in [5.74, 6) is -0.457. The summed E-state index contributed by atoms with van der Waals surface area (Å²) in [4.78, 5) is 12.8. The molecule has 7 heteroatoms. The molecule has 1 aliphatic rings. The lowest BCUT2D eigenvalue weighted by Gasteiger charge is -2.18. The van der Waals surface area contributed by atoms with Gasteiger partial charge in [-0.1, -0.05) is 36.4 Å². The molecule has 0 saturated carbocycles. The van der Waals surface area contributed by atoms with Crippen LogP contribution in [0, 0.1) is 5.92 Å². The summed E-state index contributed by atoms with van der Waals surface area (Å²) in [6.45, 7) is 0.497. The molecule has 1 heterocycles. The van der Waals surface area contributed by atoms with Crippen molar-refractivity contribution in [2.24, 2.45) is 5.92 Å². The van der Waals surface area contributed by atoms with E-state index in [1.807, 2.05) is 30.3 Å². The molecule has 1 aliphatic heterocycles. The first kappa shape index (κ1) is 16.6. The van der Waals surface area contributed by atoms with E-state index in [0.29, 0.717) is 12.2 Å². The molecular weight excluding hydrogens is 326 g/mol. The van der Waals surface area contributed by atoms with E-state index in [1.54, 1.807) is 12.1 Å². The Morgan fingerprint density at radius 1 is 1.12 bits per heavy atom. The Morgan fingerprint density at radius 3 is 2.58 bits per heavy atom. The van der Waals surface area contributed by atoms with Gasteiger partial charge in [0, 0.05) is 18.5 Å². The molecule has 3 N–H and O–H groups in total. The zero-order valence-electron chi connectivity index (χ0n) is 13.2. The van der Waals surface area contributed by atoms with Gasteiger partial charge < -0.3 is 5.32 Å². The van der Waals surface area contributed by atoms with Crippen LogP contribution in [0.2, 0.25) is 0 Å². The average molecular weight is 345 g/mol. The second kappa shape index (κ2) is 6.72. The van der Waals surface area contributed by atoms with Crippen LogP contribution >= 0.6 is 0 Å². The quantitative estimate of drug-likeness (QED) is 0.782. The topological polar surface area (TPSA) is 87.3 Å². The third-order valence-corrected chi connectivity index (χ3v) is 5.12.